The van der Waals surface area contributed by atoms with E-state index in [0.717, 1.165) is 6.42 Å². The molecule has 11 heavy (non-hydrogen) atoms. The maximum Gasteiger partial charge on any atom is 0.286 e. The molecule has 0 spiro atoms. The van der Waals surface area contributed by atoms with E-state index in [1.54, 1.807) is 6.26 Å². The monoisotopic (exact) mass is 155 g/mol. The number of hydrogen-bond donors (Lipinski definition) is 0. The Morgan fingerprint density at radius 3 is 2.36 bits per heavy atom. The topological polar surface area (TPSA) is 33.0 Å². The summed E-state index contributed by atoms with van der Waals surface area (Å²) in [5.74, 6) is 0. The molecule has 0 aliphatic rings. The van der Waals surface area contributed by atoms with Crippen molar-refractivity contribution in [1.29, 1.82) is 5.26 Å². The molecule has 0 heterocycles. The summed E-state index contributed by atoms with van der Waals surface area (Å²) < 4.78 is 4.55. The van der Waals surface area contributed by atoms with Crippen LogP contribution < -0.4 is 0 Å². The quantitative estimate of drug-likeness (QED) is 0.418. The highest BCUT2D eigenvalue weighted by Crippen LogP contribution is 2.04. The first-order chi connectivity index (χ1) is 5.41. The molecule has 64 valence electrons. The second-order valence-corrected chi connectivity index (χ2v) is 2.71. The second-order valence-electron chi connectivity index (χ2n) is 2.71. The zero-order valence-electron chi connectivity index (χ0n) is 7.31. The summed E-state index contributed by atoms with van der Waals surface area (Å²) in [6, 6.07) is 0. The van der Waals surface area contributed by atoms with E-state index >= 15 is 0 Å². The van der Waals surface area contributed by atoms with Gasteiger partial charge in [-0.05, 0) is 6.42 Å². The highest BCUT2D eigenvalue weighted by atomic mass is 16.5. The molecule has 0 aromatic rings. The van der Waals surface area contributed by atoms with Gasteiger partial charge in [0.15, 0.2) is 0 Å². The van der Waals surface area contributed by atoms with Crippen molar-refractivity contribution in [2.45, 2.75) is 45.4 Å². The zero-order chi connectivity index (χ0) is 8.36. The molecule has 2 heteroatoms. The lowest BCUT2D eigenvalue weighted by atomic mass is 10.1. The number of hydrogen-bond acceptors (Lipinski definition) is 2. The van der Waals surface area contributed by atoms with Gasteiger partial charge in [0.1, 0.15) is 6.61 Å². The first kappa shape index (κ1) is 10.3. The molecular formula is C9H17NO. The Morgan fingerprint density at radius 2 is 1.73 bits per heavy atom. The predicted octanol–water partition coefficient (Wildman–Crippen LogP) is 2.84. The van der Waals surface area contributed by atoms with E-state index in [4.69, 9.17) is 5.26 Å². The van der Waals surface area contributed by atoms with Gasteiger partial charge >= 0.3 is 0 Å². The second kappa shape index (κ2) is 9.29. The summed E-state index contributed by atoms with van der Waals surface area (Å²) >= 11 is 0. The Morgan fingerprint density at radius 1 is 1.09 bits per heavy atom. The van der Waals surface area contributed by atoms with Gasteiger partial charge in [-0.15, -0.1) is 0 Å². The summed E-state index contributed by atoms with van der Waals surface area (Å²) in [4.78, 5) is 0. The molecular weight excluding hydrogens is 138 g/mol. The van der Waals surface area contributed by atoms with E-state index < -0.39 is 0 Å². The van der Waals surface area contributed by atoms with Crippen molar-refractivity contribution in [3.8, 4) is 6.26 Å². The van der Waals surface area contributed by atoms with Crippen molar-refractivity contribution in [1.82, 2.24) is 0 Å². The van der Waals surface area contributed by atoms with E-state index in [1.807, 2.05) is 0 Å². The van der Waals surface area contributed by atoms with Crippen molar-refractivity contribution >= 4 is 0 Å². The summed E-state index contributed by atoms with van der Waals surface area (Å²) in [5.41, 5.74) is 0. The Balaban J connectivity index is 2.75. The Bertz CT molecular complexity index is 107. The van der Waals surface area contributed by atoms with Crippen LogP contribution >= 0.6 is 0 Å². The average molecular weight is 155 g/mol. The average Bonchev–Trinajstić information content (AvgIpc) is 2.03. The number of ether oxygens (including phenoxy) is 1. The molecule has 0 N–H and O–H groups in total. The molecule has 0 atom stereocenters. The summed E-state index contributed by atoms with van der Waals surface area (Å²) in [6.07, 6.45) is 9.11. The third kappa shape index (κ3) is 9.29. The van der Waals surface area contributed by atoms with Crippen molar-refractivity contribution in [2.24, 2.45) is 0 Å². The van der Waals surface area contributed by atoms with Crippen LogP contribution in [0.15, 0.2) is 0 Å². The first-order valence-corrected chi connectivity index (χ1v) is 4.42. The Labute approximate surface area is 69.2 Å². The van der Waals surface area contributed by atoms with Gasteiger partial charge in [0, 0.05) is 0 Å². The molecule has 0 saturated heterocycles. The van der Waals surface area contributed by atoms with Gasteiger partial charge < -0.3 is 4.74 Å². The minimum Gasteiger partial charge on any atom is -0.428 e. The summed E-state index contributed by atoms with van der Waals surface area (Å²) in [6.45, 7) is 2.81. The van der Waals surface area contributed by atoms with Crippen LogP contribution in [0.3, 0.4) is 0 Å². The lowest BCUT2D eigenvalue weighted by Gasteiger charge is -1.97. The molecule has 0 fully saturated rings. The minimum absolute atomic E-state index is 0.600. The van der Waals surface area contributed by atoms with Crippen molar-refractivity contribution in [2.75, 3.05) is 6.61 Å². The van der Waals surface area contributed by atoms with Crippen molar-refractivity contribution in [3.05, 3.63) is 0 Å². The van der Waals surface area contributed by atoms with Gasteiger partial charge in [-0.1, -0.05) is 39.0 Å². The first-order valence-electron chi connectivity index (χ1n) is 4.42. The van der Waals surface area contributed by atoms with Crippen LogP contribution in [-0.4, -0.2) is 6.61 Å². The SMILES string of the molecule is CCCCCCCCOC#N. The van der Waals surface area contributed by atoms with Gasteiger partial charge in [-0.2, -0.15) is 5.26 Å². The maximum atomic E-state index is 8.03. The number of unbranched alkanes of at least 4 members (excludes halogenated alkanes) is 5. The third-order valence-electron chi connectivity index (χ3n) is 1.66. The zero-order valence-corrected chi connectivity index (χ0v) is 7.31. The molecule has 0 saturated carbocycles. The lowest BCUT2D eigenvalue weighted by Crippen LogP contribution is -1.87. The van der Waals surface area contributed by atoms with E-state index in [1.165, 1.54) is 32.1 Å². The van der Waals surface area contributed by atoms with Gasteiger partial charge in [0.05, 0.1) is 0 Å². The van der Waals surface area contributed by atoms with Crippen LogP contribution in [0.25, 0.3) is 0 Å². The predicted molar refractivity (Wildman–Crippen MR) is 44.9 cm³/mol. The fourth-order valence-electron chi connectivity index (χ4n) is 1.00. The van der Waals surface area contributed by atoms with Crippen LogP contribution in [0.1, 0.15) is 45.4 Å². The number of nitrogens with zero attached hydrogens (tertiary/aromatic N) is 1. The van der Waals surface area contributed by atoms with Crippen LogP contribution in [0, 0.1) is 11.5 Å². The van der Waals surface area contributed by atoms with Gasteiger partial charge in [-0.3, -0.25) is 0 Å². The van der Waals surface area contributed by atoms with Crippen LogP contribution in [0.2, 0.25) is 0 Å². The summed E-state index contributed by atoms with van der Waals surface area (Å²) in [5, 5.41) is 8.03. The normalized spacial score (nSPS) is 9.09. The van der Waals surface area contributed by atoms with Crippen molar-refractivity contribution < 1.29 is 4.74 Å². The molecule has 0 radical (unpaired) electrons. The molecule has 0 amide bonds. The number of rotatable bonds is 7. The Kier molecular flexibility index (Phi) is 8.69. The maximum absolute atomic E-state index is 8.03. The highest BCUT2D eigenvalue weighted by molar-refractivity contribution is 4.48. The largest absolute Gasteiger partial charge is 0.428 e. The smallest absolute Gasteiger partial charge is 0.286 e. The lowest BCUT2D eigenvalue weighted by molar-refractivity contribution is 0.260. The van der Waals surface area contributed by atoms with E-state index in [-0.39, 0.29) is 0 Å². The van der Waals surface area contributed by atoms with Crippen LogP contribution in [0.5, 0.6) is 0 Å². The van der Waals surface area contributed by atoms with Crippen LogP contribution in [0.4, 0.5) is 0 Å². The molecule has 0 rings (SSSR count). The highest BCUT2D eigenvalue weighted by Gasteiger charge is 1.89. The van der Waals surface area contributed by atoms with Crippen LogP contribution in [-0.2, 0) is 4.74 Å². The van der Waals surface area contributed by atoms with Crippen molar-refractivity contribution in [3.63, 3.8) is 0 Å². The van der Waals surface area contributed by atoms with Gasteiger partial charge in [0.25, 0.3) is 6.26 Å². The molecule has 0 aromatic carbocycles. The van der Waals surface area contributed by atoms with Gasteiger partial charge in [0.2, 0.25) is 0 Å². The molecule has 0 bridgehead atoms. The Hall–Kier alpha value is -0.710. The molecule has 0 aromatic heterocycles. The third-order valence-corrected chi connectivity index (χ3v) is 1.66. The molecule has 2 nitrogen and oxygen atoms in total. The molecule has 0 aliphatic carbocycles. The number of nitriles is 1. The fourth-order valence-corrected chi connectivity index (χ4v) is 1.00. The van der Waals surface area contributed by atoms with Gasteiger partial charge in [-0.25, -0.2) is 0 Å². The summed E-state index contributed by atoms with van der Waals surface area (Å²) in [7, 11) is 0. The standard InChI is InChI=1S/C9H17NO/c1-2-3-4-5-6-7-8-11-9-10/h2-8H2,1H3. The van der Waals surface area contributed by atoms with E-state index in [9.17, 15) is 0 Å². The van der Waals surface area contributed by atoms with E-state index in [0.29, 0.717) is 6.61 Å². The molecule has 0 aliphatic heterocycles. The molecule has 0 unspecified atom stereocenters. The van der Waals surface area contributed by atoms with E-state index in [2.05, 4.69) is 11.7 Å². The minimum atomic E-state index is 0.600. The fraction of sp³-hybridized carbons (Fsp3) is 0.889.